The van der Waals surface area contributed by atoms with Crippen molar-refractivity contribution < 1.29 is 18.5 Å². The zero-order valence-corrected chi connectivity index (χ0v) is 9.54. The Labute approximate surface area is 90.7 Å². The SMILES string of the molecule is CCCC(C)S(=O)c1ccc(C(=O)O)o1. The van der Waals surface area contributed by atoms with E-state index in [-0.39, 0.29) is 16.1 Å². The highest BCUT2D eigenvalue weighted by molar-refractivity contribution is 7.85. The Morgan fingerprint density at radius 3 is 2.73 bits per heavy atom. The van der Waals surface area contributed by atoms with E-state index >= 15 is 0 Å². The lowest BCUT2D eigenvalue weighted by Gasteiger charge is -2.06. The van der Waals surface area contributed by atoms with E-state index in [4.69, 9.17) is 9.52 Å². The van der Waals surface area contributed by atoms with Gasteiger partial charge in [-0.3, -0.25) is 4.21 Å². The minimum absolute atomic E-state index is 0.0113. The van der Waals surface area contributed by atoms with Crippen molar-refractivity contribution in [3.63, 3.8) is 0 Å². The van der Waals surface area contributed by atoms with Gasteiger partial charge in [0.15, 0.2) is 5.09 Å². The zero-order valence-electron chi connectivity index (χ0n) is 8.73. The first-order chi connectivity index (χ1) is 7.06. The van der Waals surface area contributed by atoms with Crippen LogP contribution >= 0.6 is 0 Å². The first-order valence-electron chi connectivity index (χ1n) is 4.80. The molecule has 0 aliphatic carbocycles. The molecule has 2 unspecified atom stereocenters. The maximum Gasteiger partial charge on any atom is 0.371 e. The van der Waals surface area contributed by atoms with Crippen molar-refractivity contribution in [2.75, 3.05) is 0 Å². The third-order valence-corrected chi connectivity index (χ3v) is 3.63. The van der Waals surface area contributed by atoms with Crippen molar-refractivity contribution in [2.45, 2.75) is 37.0 Å². The van der Waals surface area contributed by atoms with Crippen LogP contribution in [-0.2, 0) is 10.8 Å². The molecular formula is C10H14O4S. The van der Waals surface area contributed by atoms with Crippen LogP contribution in [0.25, 0.3) is 0 Å². The van der Waals surface area contributed by atoms with Crippen molar-refractivity contribution in [3.8, 4) is 0 Å². The summed E-state index contributed by atoms with van der Waals surface area (Å²) in [6, 6.07) is 2.79. The quantitative estimate of drug-likeness (QED) is 0.842. The molecule has 15 heavy (non-hydrogen) atoms. The Morgan fingerprint density at radius 1 is 1.60 bits per heavy atom. The molecule has 0 bridgehead atoms. The van der Waals surface area contributed by atoms with Crippen LogP contribution in [0, 0.1) is 0 Å². The Hall–Kier alpha value is -1.10. The second-order valence-electron chi connectivity index (χ2n) is 3.32. The molecule has 1 aromatic rings. The lowest BCUT2D eigenvalue weighted by Crippen LogP contribution is -2.09. The van der Waals surface area contributed by atoms with Crippen LogP contribution < -0.4 is 0 Å². The summed E-state index contributed by atoms with van der Waals surface area (Å²) in [6.45, 7) is 3.88. The Kier molecular flexibility index (Phi) is 4.08. The summed E-state index contributed by atoms with van der Waals surface area (Å²) < 4.78 is 16.8. The van der Waals surface area contributed by atoms with Gasteiger partial charge < -0.3 is 9.52 Å². The van der Waals surface area contributed by atoms with Gasteiger partial charge in [-0.1, -0.05) is 20.3 Å². The molecule has 1 aromatic heterocycles. The van der Waals surface area contributed by atoms with Gasteiger partial charge in [-0.15, -0.1) is 0 Å². The highest BCUT2D eigenvalue weighted by Gasteiger charge is 2.18. The molecular weight excluding hydrogens is 216 g/mol. The average molecular weight is 230 g/mol. The molecule has 0 aromatic carbocycles. The van der Waals surface area contributed by atoms with Crippen molar-refractivity contribution in [2.24, 2.45) is 0 Å². The number of carboxylic acid groups (broad SMARTS) is 1. The van der Waals surface area contributed by atoms with E-state index < -0.39 is 16.8 Å². The smallest absolute Gasteiger partial charge is 0.371 e. The van der Waals surface area contributed by atoms with E-state index in [0.29, 0.717) is 0 Å². The maximum atomic E-state index is 11.8. The van der Waals surface area contributed by atoms with E-state index in [0.717, 1.165) is 12.8 Å². The maximum absolute atomic E-state index is 11.8. The predicted octanol–water partition coefficient (Wildman–Crippen LogP) is 2.27. The lowest BCUT2D eigenvalue weighted by molar-refractivity contribution is 0.0656. The molecule has 0 saturated carbocycles. The molecule has 1 heterocycles. The number of hydrogen-bond donors (Lipinski definition) is 1. The second kappa shape index (κ2) is 5.11. The normalized spacial score (nSPS) is 14.8. The summed E-state index contributed by atoms with van der Waals surface area (Å²) in [5, 5.41) is 8.86. The third-order valence-electron chi connectivity index (χ3n) is 2.05. The number of hydrogen-bond acceptors (Lipinski definition) is 3. The van der Waals surface area contributed by atoms with Crippen molar-refractivity contribution in [1.29, 1.82) is 0 Å². The second-order valence-corrected chi connectivity index (χ2v) is 5.12. The number of rotatable bonds is 5. The molecule has 0 aliphatic heterocycles. The van der Waals surface area contributed by atoms with Gasteiger partial charge in [-0.2, -0.15) is 0 Å². The summed E-state index contributed by atoms with van der Waals surface area (Å²) in [5.41, 5.74) is 0. The van der Waals surface area contributed by atoms with E-state index in [1.807, 2.05) is 13.8 Å². The van der Waals surface area contributed by atoms with E-state index in [1.54, 1.807) is 0 Å². The average Bonchev–Trinajstić information content (AvgIpc) is 2.65. The van der Waals surface area contributed by atoms with Gasteiger partial charge in [0, 0.05) is 5.25 Å². The van der Waals surface area contributed by atoms with Crippen LogP contribution in [0.1, 0.15) is 37.2 Å². The molecule has 5 heteroatoms. The molecule has 0 amide bonds. The van der Waals surface area contributed by atoms with E-state index in [9.17, 15) is 9.00 Å². The molecule has 0 radical (unpaired) electrons. The highest BCUT2D eigenvalue weighted by atomic mass is 32.2. The van der Waals surface area contributed by atoms with Crippen molar-refractivity contribution in [3.05, 3.63) is 17.9 Å². The summed E-state index contributed by atoms with van der Waals surface area (Å²) in [5.74, 6) is -1.30. The van der Waals surface area contributed by atoms with Crippen LogP contribution in [0.15, 0.2) is 21.6 Å². The van der Waals surface area contributed by atoms with Gasteiger partial charge in [0.05, 0.1) is 10.8 Å². The minimum Gasteiger partial charge on any atom is -0.475 e. The van der Waals surface area contributed by atoms with Crippen LogP contribution in [0.3, 0.4) is 0 Å². The van der Waals surface area contributed by atoms with Crippen LogP contribution in [0.5, 0.6) is 0 Å². The summed E-state index contributed by atoms with van der Waals surface area (Å²) >= 11 is 0. The molecule has 0 saturated heterocycles. The number of carboxylic acids is 1. The highest BCUT2D eigenvalue weighted by Crippen LogP contribution is 2.17. The molecule has 2 atom stereocenters. The number of furan rings is 1. The fourth-order valence-electron chi connectivity index (χ4n) is 1.26. The summed E-state index contributed by atoms with van der Waals surface area (Å²) in [6.07, 6.45) is 1.77. The van der Waals surface area contributed by atoms with Gasteiger partial charge in [0.2, 0.25) is 5.76 Å². The first-order valence-corrected chi connectivity index (χ1v) is 6.01. The Morgan fingerprint density at radius 2 is 2.27 bits per heavy atom. The van der Waals surface area contributed by atoms with E-state index in [2.05, 4.69) is 0 Å². The fraction of sp³-hybridized carbons (Fsp3) is 0.500. The largest absolute Gasteiger partial charge is 0.475 e. The molecule has 0 aliphatic rings. The third kappa shape index (κ3) is 2.92. The van der Waals surface area contributed by atoms with Crippen LogP contribution in [-0.4, -0.2) is 20.5 Å². The zero-order chi connectivity index (χ0) is 11.4. The number of aromatic carboxylic acids is 1. The molecule has 1 rings (SSSR count). The van der Waals surface area contributed by atoms with Gasteiger partial charge in [0.25, 0.3) is 0 Å². The minimum atomic E-state index is -1.25. The van der Waals surface area contributed by atoms with Gasteiger partial charge in [-0.05, 0) is 18.6 Å². The predicted molar refractivity (Wildman–Crippen MR) is 56.4 cm³/mol. The Bertz CT molecular complexity index is 369. The van der Waals surface area contributed by atoms with Crippen LogP contribution in [0.4, 0.5) is 0 Å². The standard InChI is InChI=1S/C10H14O4S/c1-3-4-7(2)15(13)9-6-5-8(14-9)10(11)12/h5-7H,3-4H2,1-2H3,(H,11,12). The van der Waals surface area contributed by atoms with E-state index in [1.165, 1.54) is 12.1 Å². The molecule has 1 N–H and O–H groups in total. The van der Waals surface area contributed by atoms with Crippen LogP contribution in [0.2, 0.25) is 0 Å². The lowest BCUT2D eigenvalue weighted by atomic mass is 10.3. The monoisotopic (exact) mass is 230 g/mol. The topological polar surface area (TPSA) is 67.5 Å². The van der Waals surface area contributed by atoms with Gasteiger partial charge in [0.1, 0.15) is 0 Å². The first kappa shape index (κ1) is 12.0. The molecule has 0 fully saturated rings. The van der Waals surface area contributed by atoms with Crippen molar-refractivity contribution >= 4 is 16.8 Å². The van der Waals surface area contributed by atoms with Gasteiger partial charge in [-0.25, -0.2) is 4.79 Å². The summed E-state index contributed by atoms with van der Waals surface area (Å²) in [7, 11) is -1.25. The fourth-order valence-corrected chi connectivity index (χ4v) is 2.48. The number of carbonyl (C=O) groups is 1. The molecule has 84 valence electrons. The molecule has 4 nitrogen and oxygen atoms in total. The van der Waals surface area contributed by atoms with Gasteiger partial charge >= 0.3 is 5.97 Å². The van der Waals surface area contributed by atoms with Crippen molar-refractivity contribution in [1.82, 2.24) is 0 Å². The Balaban J connectivity index is 2.78. The summed E-state index contributed by atoms with van der Waals surface area (Å²) in [4.78, 5) is 10.5. The molecule has 0 spiro atoms.